The van der Waals surface area contributed by atoms with Gasteiger partial charge in [-0.2, -0.15) is 4.98 Å². The Morgan fingerprint density at radius 2 is 1.94 bits per heavy atom. The molecule has 0 aliphatic heterocycles. The molecule has 3 rings (SSSR count). The lowest BCUT2D eigenvalue weighted by Crippen LogP contribution is -2.38. The van der Waals surface area contributed by atoms with Crippen LogP contribution in [-0.4, -0.2) is 42.1 Å². The SMILES string of the molecule is CCNC(=NCc1nc(-c2ccc(Cl)cc2)no1)NCCc1cccc(C(=O)NC)c1.I. The molecule has 3 N–H and O–H groups in total. The molecule has 0 aliphatic carbocycles. The summed E-state index contributed by atoms with van der Waals surface area (Å²) >= 11 is 5.91. The average molecular weight is 569 g/mol. The molecule has 32 heavy (non-hydrogen) atoms. The van der Waals surface area contributed by atoms with Crippen molar-refractivity contribution < 1.29 is 9.32 Å². The van der Waals surface area contributed by atoms with E-state index in [1.54, 1.807) is 25.2 Å². The number of amides is 1. The summed E-state index contributed by atoms with van der Waals surface area (Å²) in [6.07, 6.45) is 0.747. The third-order valence-corrected chi connectivity index (χ3v) is 4.66. The summed E-state index contributed by atoms with van der Waals surface area (Å²) in [4.78, 5) is 20.7. The van der Waals surface area contributed by atoms with Crippen LogP contribution in [-0.2, 0) is 13.0 Å². The molecule has 10 heteroatoms. The number of aliphatic imine (C=N–C) groups is 1. The van der Waals surface area contributed by atoms with Crippen LogP contribution in [0.2, 0.25) is 5.02 Å². The highest BCUT2D eigenvalue weighted by Gasteiger charge is 2.09. The smallest absolute Gasteiger partial charge is 0.251 e. The minimum Gasteiger partial charge on any atom is -0.357 e. The first-order valence-electron chi connectivity index (χ1n) is 10.0. The van der Waals surface area contributed by atoms with Crippen molar-refractivity contribution in [2.45, 2.75) is 19.9 Å². The van der Waals surface area contributed by atoms with E-state index in [9.17, 15) is 4.79 Å². The Morgan fingerprint density at radius 1 is 1.16 bits per heavy atom. The Bertz CT molecular complexity index is 1040. The summed E-state index contributed by atoms with van der Waals surface area (Å²) < 4.78 is 5.30. The Morgan fingerprint density at radius 3 is 2.66 bits per heavy atom. The molecular formula is C22H26ClIN6O2. The van der Waals surface area contributed by atoms with E-state index in [4.69, 9.17) is 16.1 Å². The van der Waals surface area contributed by atoms with Crippen LogP contribution >= 0.6 is 35.6 Å². The van der Waals surface area contributed by atoms with Gasteiger partial charge in [-0.15, -0.1) is 24.0 Å². The second-order valence-corrected chi connectivity index (χ2v) is 7.11. The fourth-order valence-corrected chi connectivity index (χ4v) is 2.99. The van der Waals surface area contributed by atoms with Crippen LogP contribution in [0.5, 0.6) is 0 Å². The zero-order chi connectivity index (χ0) is 22.1. The van der Waals surface area contributed by atoms with E-state index in [0.717, 1.165) is 24.1 Å². The number of hydrogen-bond donors (Lipinski definition) is 3. The molecule has 1 amide bonds. The van der Waals surface area contributed by atoms with Crippen LogP contribution in [0.3, 0.4) is 0 Å². The molecule has 3 aromatic rings. The molecule has 170 valence electrons. The third kappa shape index (κ3) is 7.49. The number of carbonyl (C=O) groups excluding carboxylic acids is 1. The molecule has 1 heterocycles. The number of guanidine groups is 1. The van der Waals surface area contributed by atoms with E-state index < -0.39 is 0 Å². The summed E-state index contributed by atoms with van der Waals surface area (Å²) in [5.41, 5.74) is 2.54. The summed E-state index contributed by atoms with van der Waals surface area (Å²) in [7, 11) is 1.62. The first-order chi connectivity index (χ1) is 15.1. The largest absolute Gasteiger partial charge is 0.357 e. The maximum Gasteiger partial charge on any atom is 0.251 e. The van der Waals surface area contributed by atoms with Gasteiger partial charge < -0.3 is 20.5 Å². The lowest BCUT2D eigenvalue weighted by Gasteiger charge is -2.11. The van der Waals surface area contributed by atoms with Gasteiger partial charge in [-0.3, -0.25) is 4.79 Å². The quantitative estimate of drug-likeness (QED) is 0.218. The number of nitrogens with zero attached hydrogens (tertiary/aromatic N) is 3. The predicted octanol–water partition coefficient (Wildman–Crippen LogP) is 3.67. The van der Waals surface area contributed by atoms with Crippen LogP contribution in [0.15, 0.2) is 58.0 Å². The molecule has 0 saturated heterocycles. The summed E-state index contributed by atoms with van der Waals surface area (Å²) in [5.74, 6) is 1.47. The number of hydrogen-bond acceptors (Lipinski definition) is 5. The maximum absolute atomic E-state index is 11.8. The van der Waals surface area contributed by atoms with E-state index in [2.05, 4.69) is 31.1 Å². The topological polar surface area (TPSA) is 104 Å². The van der Waals surface area contributed by atoms with Gasteiger partial charge in [0.2, 0.25) is 11.7 Å². The van der Waals surface area contributed by atoms with Gasteiger partial charge in [-0.05, 0) is 55.3 Å². The highest BCUT2D eigenvalue weighted by atomic mass is 127. The fraction of sp³-hybridized carbons (Fsp3) is 0.273. The van der Waals surface area contributed by atoms with Crippen molar-refractivity contribution in [3.63, 3.8) is 0 Å². The normalized spacial score (nSPS) is 10.9. The van der Waals surface area contributed by atoms with Crippen molar-refractivity contribution in [3.05, 3.63) is 70.6 Å². The Hall–Kier alpha value is -2.66. The number of halogens is 2. The summed E-state index contributed by atoms with van der Waals surface area (Å²) in [6, 6.07) is 14.8. The van der Waals surface area contributed by atoms with Crippen molar-refractivity contribution >= 4 is 47.4 Å². The minimum atomic E-state index is -0.0952. The van der Waals surface area contributed by atoms with Crippen molar-refractivity contribution in [3.8, 4) is 11.4 Å². The van der Waals surface area contributed by atoms with Gasteiger partial charge in [0.05, 0.1) is 0 Å². The molecule has 0 unspecified atom stereocenters. The zero-order valence-corrected chi connectivity index (χ0v) is 21.0. The minimum absolute atomic E-state index is 0. The van der Waals surface area contributed by atoms with E-state index in [0.29, 0.717) is 34.8 Å². The Kier molecular flexibility index (Phi) is 10.4. The van der Waals surface area contributed by atoms with Crippen LogP contribution < -0.4 is 16.0 Å². The highest BCUT2D eigenvalue weighted by Crippen LogP contribution is 2.18. The third-order valence-electron chi connectivity index (χ3n) is 4.41. The number of rotatable bonds is 8. The molecule has 0 aliphatic rings. The van der Waals surface area contributed by atoms with Crippen LogP contribution in [0.4, 0.5) is 0 Å². The van der Waals surface area contributed by atoms with Crippen molar-refractivity contribution in [2.24, 2.45) is 4.99 Å². The molecule has 8 nitrogen and oxygen atoms in total. The molecule has 0 saturated carbocycles. The number of benzene rings is 2. The van der Waals surface area contributed by atoms with E-state index in [-0.39, 0.29) is 36.4 Å². The Balaban J connectivity index is 0.00000363. The van der Waals surface area contributed by atoms with Gasteiger partial charge in [0.15, 0.2) is 5.96 Å². The van der Waals surface area contributed by atoms with Crippen molar-refractivity contribution in [2.75, 3.05) is 20.1 Å². The number of aromatic nitrogens is 2. The lowest BCUT2D eigenvalue weighted by molar-refractivity contribution is 0.0963. The molecule has 2 aromatic carbocycles. The molecule has 0 fully saturated rings. The van der Waals surface area contributed by atoms with Gasteiger partial charge in [0.25, 0.3) is 5.91 Å². The maximum atomic E-state index is 11.8. The molecule has 0 spiro atoms. The summed E-state index contributed by atoms with van der Waals surface area (Å²) in [5, 5.41) is 13.8. The van der Waals surface area contributed by atoms with Crippen molar-refractivity contribution in [1.29, 1.82) is 0 Å². The van der Waals surface area contributed by atoms with Gasteiger partial charge in [-0.25, -0.2) is 4.99 Å². The zero-order valence-electron chi connectivity index (χ0n) is 17.9. The van der Waals surface area contributed by atoms with Gasteiger partial charge in [0, 0.05) is 36.3 Å². The predicted molar refractivity (Wildman–Crippen MR) is 137 cm³/mol. The van der Waals surface area contributed by atoms with E-state index in [1.165, 1.54) is 0 Å². The second-order valence-electron chi connectivity index (χ2n) is 6.67. The van der Waals surface area contributed by atoms with Crippen LogP contribution in [0, 0.1) is 0 Å². The number of nitrogens with one attached hydrogen (secondary N) is 3. The average Bonchev–Trinajstić information content (AvgIpc) is 3.26. The molecular weight excluding hydrogens is 543 g/mol. The lowest BCUT2D eigenvalue weighted by atomic mass is 10.1. The standard InChI is InChI=1S/C22H25ClN6O2.HI/c1-3-25-22(26-12-11-15-5-4-6-17(13-15)21(30)24-2)27-14-19-28-20(29-31-19)16-7-9-18(23)10-8-16;/h4-10,13H,3,11-12,14H2,1-2H3,(H,24,30)(H2,25,26,27);1H. The highest BCUT2D eigenvalue weighted by molar-refractivity contribution is 14.0. The van der Waals surface area contributed by atoms with Gasteiger partial charge in [-0.1, -0.05) is 28.9 Å². The first-order valence-corrected chi connectivity index (χ1v) is 10.4. The van der Waals surface area contributed by atoms with Gasteiger partial charge >= 0.3 is 0 Å². The molecule has 1 aromatic heterocycles. The van der Waals surface area contributed by atoms with Gasteiger partial charge in [0.1, 0.15) is 6.54 Å². The fourth-order valence-electron chi connectivity index (χ4n) is 2.86. The summed E-state index contributed by atoms with van der Waals surface area (Å²) in [6.45, 7) is 3.62. The molecule has 0 atom stereocenters. The van der Waals surface area contributed by atoms with Crippen LogP contribution in [0.1, 0.15) is 28.7 Å². The molecule has 0 bridgehead atoms. The molecule has 0 radical (unpaired) electrons. The van der Waals surface area contributed by atoms with E-state index in [1.807, 2.05) is 37.3 Å². The Labute approximate surface area is 209 Å². The first kappa shape index (κ1) is 25.6. The van der Waals surface area contributed by atoms with Crippen molar-refractivity contribution in [1.82, 2.24) is 26.1 Å². The van der Waals surface area contributed by atoms with Crippen LogP contribution in [0.25, 0.3) is 11.4 Å². The second kappa shape index (κ2) is 13.0. The van der Waals surface area contributed by atoms with E-state index >= 15 is 0 Å². The monoisotopic (exact) mass is 568 g/mol. The number of carbonyl (C=O) groups is 1.